The van der Waals surface area contributed by atoms with E-state index in [0.717, 1.165) is 23.3 Å². The van der Waals surface area contributed by atoms with E-state index in [1.54, 1.807) is 0 Å². The van der Waals surface area contributed by atoms with Gasteiger partial charge in [0.05, 0.1) is 0 Å². The van der Waals surface area contributed by atoms with Crippen LogP contribution in [0.15, 0.2) is 24.3 Å². The molecule has 4 saturated carbocycles. The molecule has 0 nitrogen and oxygen atoms in total. The first kappa shape index (κ1) is 14.6. The predicted molar refractivity (Wildman–Crippen MR) is 93.1 cm³/mol. The molecule has 5 rings (SSSR count). The maximum Gasteiger partial charge on any atom is 0.0408 e. The normalized spacial score (nSPS) is 42.2. The average molecular weight is 368 g/mol. The molecule has 114 valence electrons. The molecule has 0 saturated heterocycles. The lowest BCUT2D eigenvalue weighted by Crippen LogP contribution is -2.54. The van der Waals surface area contributed by atoms with Crippen molar-refractivity contribution in [1.29, 1.82) is 0 Å². The first-order valence-electron chi connectivity index (χ1n) is 8.35. The summed E-state index contributed by atoms with van der Waals surface area (Å²) in [6.07, 6.45) is 9.95. The largest absolute Gasteiger partial charge is 0.0881 e. The fourth-order valence-electron chi connectivity index (χ4n) is 6.25. The number of hydrogen-bond donors (Lipinski definition) is 0. The summed E-state index contributed by atoms with van der Waals surface area (Å²) >= 11 is 10.3. The second kappa shape index (κ2) is 4.99. The topological polar surface area (TPSA) is 0 Å². The molecule has 2 heteroatoms. The minimum absolute atomic E-state index is 0.543. The predicted octanol–water partition coefficient (Wildman–Crippen LogP) is 6.25. The molecule has 4 aliphatic rings. The maximum atomic E-state index is 6.15. The molecule has 3 atom stereocenters. The smallest absolute Gasteiger partial charge is 0.0408 e. The van der Waals surface area contributed by atoms with Gasteiger partial charge in [0, 0.05) is 9.85 Å². The van der Waals surface area contributed by atoms with Crippen molar-refractivity contribution in [2.24, 2.45) is 22.7 Å². The standard InChI is InChI=1S/C19H24BrCl/c1-18-8-14-5-15(9-18)11-19(10-14,12-18)17(20)7-13-3-2-4-16(21)6-13/h2-4,6,14-15,17H,5,7-12H2,1H3. The van der Waals surface area contributed by atoms with Gasteiger partial charge < -0.3 is 0 Å². The summed E-state index contributed by atoms with van der Waals surface area (Å²) in [6.45, 7) is 2.55. The van der Waals surface area contributed by atoms with Crippen LogP contribution < -0.4 is 0 Å². The molecule has 0 radical (unpaired) electrons. The monoisotopic (exact) mass is 366 g/mol. The van der Waals surface area contributed by atoms with Crippen molar-refractivity contribution in [3.8, 4) is 0 Å². The molecular weight excluding hydrogens is 344 g/mol. The maximum absolute atomic E-state index is 6.15. The van der Waals surface area contributed by atoms with Gasteiger partial charge in [0.25, 0.3) is 0 Å². The SMILES string of the molecule is CC12CC3CC(C1)CC(C(Br)Cc1cccc(Cl)c1)(C3)C2. The van der Waals surface area contributed by atoms with Gasteiger partial charge in [0.15, 0.2) is 0 Å². The van der Waals surface area contributed by atoms with Gasteiger partial charge in [0.1, 0.15) is 0 Å². The van der Waals surface area contributed by atoms with E-state index >= 15 is 0 Å². The van der Waals surface area contributed by atoms with E-state index in [9.17, 15) is 0 Å². The van der Waals surface area contributed by atoms with E-state index in [2.05, 4.69) is 41.1 Å². The fraction of sp³-hybridized carbons (Fsp3) is 0.684. The Morgan fingerprint density at radius 1 is 1.24 bits per heavy atom. The molecule has 1 aromatic rings. The van der Waals surface area contributed by atoms with Crippen molar-refractivity contribution in [2.45, 2.75) is 56.7 Å². The highest BCUT2D eigenvalue weighted by molar-refractivity contribution is 9.09. The quantitative estimate of drug-likeness (QED) is 0.554. The lowest BCUT2D eigenvalue weighted by atomic mass is 9.44. The molecule has 1 aromatic carbocycles. The van der Waals surface area contributed by atoms with Gasteiger partial charge >= 0.3 is 0 Å². The van der Waals surface area contributed by atoms with Crippen LogP contribution in [0, 0.1) is 22.7 Å². The minimum atomic E-state index is 0.543. The van der Waals surface area contributed by atoms with Crippen LogP contribution in [0.4, 0.5) is 0 Å². The van der Waals surface area contributed by atoms with Crippen molar-refractivity contribution in [3.63, 3.8) is 0 Å². The average Bonchev–Trinajstić information content (AvgIpc) is 2.35. The van der Waals surface area contributed by atoms with Crippen LogP contribution in [0.3, 0.4) is 0 Å². The summed E-state index contributed by atoms with van der Waals surface area (Å²) in [5.74, 6) is 1.99. The van der Waals surface area contributed by atoms with Crippen LogP contribution in [0.25, 0.3) is 0 Å². The molecule has 0 amide bonds. The van der Waals surface area contributed by atoms with Crippen molar-refractivity contribution in [3.05, 3.63) is 34.9 Å². The van der Waals surface area contributed by atoms with Gasteiger partial charge in [-0.25, -0.2) is 0 Å². The van der Waals surface area contributed by atoms with E-state index in [1.165, 1.54) is 44.1 Å². The molecule has 4 fully saturated rings. The Morgan fingerprint density at radius 3 is 2.57 bits per heavy atom. The van der Waals surface area contributed by atoms with Gasteiger partial charge in [0.2, 0.25) is 0 Å². The van der Waals surface area contributed by atoms with Crippen LogP contribution in [0.1, 0.15) is 51.0 Å². The minimum Gasteiger partial charge on any atom is -0.0881 e. The van der Waals surface area contributed by atoms with Crippen LogP contribution in [0.2, 0.25) is 5.02 Å². The van der Waals surface area contributed by atoms with Gasteiger partial charge in [-0.05, 0) is 85.3 Å². The molecule has 0 heterocycles. The highest BCUT2D eigenvalue weighted by atomic mass is 79.9. The van der Waals surface area contributed by atoms with E-state index in [1.807, 2.05) is 6.07 Å². The summed E-state index contributed by atoms with van der Waals surface area (Å²) in [6, 6.07) is 8.42. The van der Waals surface area contributed by atoms with Crippen LogP contribution >= 0.6 is 27.5 Å². The molecule has 0 aromatic heterocycles. The molecule has 3 unspecified atom stereocenters. The first-order valence-corrected chi connectivity index (χ1v) is 9.64. The Bertz CT molecular complexity index is 538. The fourth-order valence-corrected chi connectivity index (χ4v) is 7.37. The zero-order valence-electron chi connectivity index (χ0n) is 12.7. The third-order valence-electron chi connectivity index (χ3n) is 6.37. The molecular formula is C19H24BrCl. The Hall–Kier alpha value is -0.0100. The third-order valence-corrected chi connectivity index (χ3v) is 7.90. The van der Waals surface area contributed by atoms with Gasteiger partial charge in [-0.1, -0.05) is 46.6 Å². The second-order valence-electron chi connectivity index (χ2n) is 8.44. The summed E-state index contributed by atoms with van der Waals surface area (Å²) < 4.78 is 0. The Balaban J connectivity index is 1.57. The lowest BCUT2D eigenvalue weighted by molar-refractivity contribution is -0.101. The Morgan fingerprint density at radius 2 is 1.95 bits per heavy atom. The summed E-state index contributed by atoms with van der Waals surface area (Å²) in [5, 5.41) is 0.865. The Labute approximate surface area is 141 Å². The van der Waals surface area contributed by atoms with E-state index < -0.39 is 0 Å². The molecule has 0 aliphatic heterocycles. The zero-order chi connectivity index (χ0) is 14.7. The molecule has 0 spiro atoms. The van der Waals surface area contributed by atoms with Crippen molar-refractivity contribution >= 4 is 27.5 Å². The number of rotatable bonds is 3. The molecule has 4 aliphatic carbocycles. The lowest BCUT2D eigenvalue weighted by Gasteiger charge is -2.63. The second-order valence-corrected chi connectivity index (χ2v) is 9.98. The van der Waals surface area contributed by atoms with Crippen LogP contribution in [-0.4, -0.2) is 4.83 Å². The molecule has 4 bridgehead atoms. The molecule has 0 N–H and O–H groups in total. The highest BCUT2D eigenvalue weighted by Gasteiger charge is 2.57. The summed E-state index contributed by atoms with van der Waals surface area (Å²) in [7, 11) is 0. The van der Waals surface area contributed by atoms with Gasteiger partial charge in [-0.2, -0.15) is 0 Å². The van der Waals surface area contributed by atoms with E-state index in [-0.39, 0.29) is 0 Å². The zero-order valence-corrected chi connectivity index (χ0v) is 15.1. The van der Waals surface area contributed by atoms with Gasteiger partial charge in [-0.15, -0.1) is 0 Å². The Kier molecular flexibility index (Phi) is 3.47. The van der Waals surface area contributed by atoms with E-state index in [0.29, 0.717) is 15.7 Å². The summed E-state index contributed by atoms with van der Waals surface area (Å²) in [4.78, 5) is 0.605. The third kappa shape index (κ3) is 2.59. The highest BCUT2D eigenvalue weighted by Crippen LogP contribution is 2.67. The van der Waals surface area contributed by atoms with E-state index in [4.69, 9.17) is 11.6 Å². The van der Waals surface area contributed by atoms with Crippen LogP contribution in [0.5, 0.6) is 0 Å². The number of hydrogen-bond acceptors (Lipinski definition) is 0. The number of halogens is 2. The van der Waals surface area contributed by atoms with Crippen molar-refractivity contribution < 1.29 is 0 Å². The molecule has 21 heavy (non-hydrogen) atoms. The van der Waals surface area contributed by atoms with Crippen LogP contribution in [-0.2, 0) is 6.42 Å². The number of benzene rings is 1. The first-order chi connectivity index (χ1) is 9.96. The van der Waals surface area contributed by atoms with Crippen molar-refractivity contribution in [1.82, 2.24) is 0 Å². The van der Waals surface area contributed by atoms with Crippen molar-refractivity contribution in [2.75, 3.05) is 0 Å². The summed E-state index contributed by atoms with van der Waals surface area (Å²) in [5.41, 5.74) is 2.55. The van der Waals surface area contributed by atoms with Gasteiger partial charge in [-0.3, -0.25) is 0 Å². The number of alkyl halides is 1.